The summed E-state index contributed by atoms with van der Waals surface area (Å²) < 4.78 is 64.6. The van der Waals surface area contributed by atoms with Gasteiger partial charge in [-0.3, -0.25) is 4.72 Å². The molecule has 1 N–H and O–H groups in total. The molecule has 0 aliphatic carbocycles. The Balaban J connectivity index is 1.86. The predicted molar refractivity (Wildman–Crippen MR) is 100.0 cm³/mol. The Hall–Kier alpha value is -2.04. The van der Waals surface area contributed by atoms with Gasteiger partial charge in [-0.1, -0.05) is 19.1 Å². The molecular weight excluding hydrogens is 399 g/mol. The maximum absolute atomic E-state index is 13.2. The van der Waals surface area contributed by atoms with Gasteiger partial charge in [0.25, 0.3) is 0 Å². The Morgan fingerprint density at radius 3 is 2.58 bits per heavy atom. The molecule has 3 aromatic rings. The first-order valence-corrected chi connectivity index (χ1v) is 11.7. The lowest BCUT2D eigenvalue weighted by Crippen LogP contribution is -2.15. The van der Waals surface area contributed by atoms with Crippen LogP contribution in [0.2, 0.25) is 0 Å². The molecule has 10 heteroatoms. The van der Waals surface area contributed by atoms with Crippen molar-refractivity contribution in [2.75, 3.05) is 10.5 Å². The van der Waals surface area contributed by atoms with E-state index in [-0.39, 0.29) is 21.5 Å². The zero-order chi connectivity index (χ0) is 18.9. The summed E-state index contributed by atoms with van der Waals surface area (Å²) in [4.78, 5) is 4.08. The van der Waals surface area contributed by atoms with Gasteiger partial charge in [-0.15, -0.1) is 11.3 Å². The molecule has 1 aromatic heterocycles. The monoisotopic (exact) mass is 414 g/mol. The second kappa shape index (κ2) is 6.93. The smallest absolute Gasteiger partial charge is 0.236 e. The zero-order valence-electron chi connectivity index (χ0n) is 13.6. The summed E-state index contributed by atoms with van der Waals surface area (Å²) >= 11 is 0.991. The molecule has 0 unspecified atom stereocenters. The highest BCUT2D eigenvalue weighted by Gasteiger charge is 2.18. The van der Waals surface area contributed by atoms with Crippen LogP contribution in [0.5, 0.6) is 0 Å². The van der Waals surface area contributed by atoms with E-state index in [9.17, 15) is 21.2 Å². The van der Waals surface area contributed by atoms with Crippen molar-refractivity contribution in [2.45, 2.75) is 17.0 Å². The number of sulfonamides is 1. The lowest BCUT2D eigenvalue weighted by Gasteiger charge is -2.08. The molecule has 0 aliphatic heterocycles. The van der Waals surface area contributed by atoms with Gasteiger partial charge in [-0.25, -0.2) is 26.2 Å². The van der Waals surface area contributed by atoms with E-state index in [1.807, 2.05) is 0 Å². The van der Waals surface area contributed by atoms with E-state index in [1.165, 1.54) is 37.3 Å². The third-order valence-electron chi connectivity index (χ3n) is 3.53. The van der Waals surface area contributed by atoms with Crippen LogP contribution in [0.3, 0.4) is 0 Å². The van der Waals surface area contributed by atoms with Crippen molar-refractivity contribution in [3.8, 4) is 0 Å². The van der Waals surface area contributed by atoms with E-state index < -0.39 is 25.7 Å². The molecule has 0 atom stereocenters. The van der Waals surface area contributed by atoms with Crippen LogP contribution in [0.25, 0.3) is 10.2 Å². The molecule has 1 heterocycles. The van der Waals surface area contributed by atoms with Crippen LogP contribution in [0.4, 0.5) is 10.1 Å². The zero-order valence-corrected chi connectivity index (χ0v) is 16.1. The normalized spacial score (nSPS) is 12.4. The summed E-state index contributed by atoms with van der Waals surface area (Å²) in [6, 6.07) is 9.96. The Morgan fingerprint density at radius 1 is 1.12 bits per heavy atom. The largest absolute Gasteiger partial charge is 0.283 e. The lowest BCUT2D eigenvalue weighted by atomic mass is 10.2. The number of nitrogens with zero attached hydrogens (tertiary/aromatic N) is 1. The fourth-order valence-electron chi connectivity index (χ4n) is 2.29. The van der Waals surface area contributed by atoms with Gasteiger partial charge in [0.05, 0.1) is 27.4 Å². The fraction of sp³-hybridized carbons (Fsp3) is 0.188. The lowest BCUT2D eigenvalue weighted by molar-refractivity contribution is 0.596. The standard InChI is InChI=1S/C16H15FN2O4S3/c1-2-25(20,21)16-18-14-7-6-13(9-15(14)24-16)19-26(22,23)10-11-4-3-5-12(17)8-11/h3-9,19H,2,10H2,1H3. The first-order chi connectivity index (χ1) is 12.2. The minimum Gasteiger partial charge on any atom is -0.283 e. The van der Waals surface area contributed by atoms with Crippen molar-refractivity contribution in [3.05, 3.63) is 53.8 Å². The Kier molecular flexibility index (Phi) is 5.00. The summed E-state index contributed by atoms with van der Waals surface area (Å²) in [7, 11) is -7.17. The molecule has 138 valence electrons. The van der Waals surface area contributed by atoms with E-state index >= 15 is 0 Å². The van der Waals surface area contributed by atoms with Gasteiger partial charge in [0, 0.05) is 0 Å². The van der Waals surface area contributed by atoms with Crippen molar-refractivity contribution in [1.29, 1.82) is 0 Å². The van der Waals surface area contributed by atoms with Gasteiger partial charge in [0.2, 0.25) is 24.2 Å². The third kappa shape index (κ3) is 4.19. The maximum Gasteiger partial charge on any atom is 0.236 e. The van der Waals surface area contributed by atoms with E-state index in [0.29, 0.717) is 15.8 Å². The van der Waals surface area contributed by atoms with E-state index in [1.54, 1.807) is 6.07 Å². The van der Waals surface area contributed by atoms with E-state index in [4.69, 9.17) is 0 Å². The highest BCUT2D eigenvalue weighted by atomic mass is 32.2. The van der Waals surface area contributed by atoms with Crippen LogP contribution in [-0.4, -0.2) is 27.6 Å². The first kappa shape index (κ1) is 18.7. The van der Waals surface area contributed by atoms with Gasteiger partial charge < -0.3 is 0 Å². The molecule has 0 amide bonds. The van der Waals surface area contributed by atoms with Crippen molar-refractivity contribution >= 4 is 47.1 Å². The predicted octanol–water partition coefficient (Wildman–Crippen LogP) is 3.17. The van der Waals surface area contributed by atoms with Crippen LogP contribution in [0.1, 0.15) is 12.5 Å². The molecule has 26 heavy (non-hydrogen) atoms. The minimum atomic E-state index is -3.75. The number of benzene rings is 2. The number of thiazole rings is 1. The Bertz CT molecular complexity index is 1170. The molecule has 0 bridgehead atoms. The third-order valence-corrected chi connectivity index (χ3v) is 8.00. The first-order valence-electron chi connectivity index (χ1n) is 7.57. The molecule has 0 aliphatic rings. The van der Waals surface area contributed by atoms with Gasteiger partial charge in [0.1, 0.15) is 5.82 Å². The SMILES string of the molecule is CCS(=O)(=O)c1nc2ccc(NS(=O)(=O)Cc3cccc(F)c3)cc2s1. The average molecular weight is 415 g/mol. The van der Waals surface area contributed by atoms with Gasteiger partial charge in [-0.05, 0) is 35.9 Å². The van der Waals surface area contributed by atoms with Gasteiger partial charge >= 0.3 is 0 Å². The van der Waals surface area contributed by atoms with Crippen LogP contribution in [0, 0.1) is 5.82 Å². The molecule has 6 nitrogen and oxygen atoms in total. The van der Waals surface area contributed by atoms with Gasteiger partial charge in [-0.2, -0.15) is 0 Å². The Morgan fingerprint density at radius 2 is 1.88 bits per heavy atom. The van der Waals surface area contributed by atoms with E-state index in [0.717, 1.165) is 17.4 Å². The molecule has 3 rings (SSSR count). The minimum absolute atomic E-state index is 0.00904. The van der Waals surface area contributed by atoms with E-state index in [2.05, 4.69) is 9.71 Å². The van der Waals surface area contributed by atoms with Crippen LogP contribution >= 0.6 is 11.3 Å². The van der Waals surface area contributed by atoms with Crippen molar-refractivity contribution in [3.63, 3.8) is 0 Å². The molecule has 0 radical (unpaired) electrons. The highest BCUT2D eigenvalue weighted by Crippen LogP contribution is 2.29. The molecule has 0 saturated heterocycles. The summed E-state index contributed by atoms with van der Waals surface area (Å²) in [5.41, 5.74) is 1.10. The number of rotatable bonds is 6. The number of fused-ring (bicyclic) bond motifs is 1. The fourth-order valence-corrected chi connectivity index (χ4v) is 5.81. The second-order valence-corrected chi connectivity index (χ2v) is 10.8. The summed E-state index contributed by atoms with van der Waals surface area (Å²) in [6.07, 6.45) is 0. The molecular formula is C16H15FN2O4S3. The van der Waals surface area contributed by atoms with Crippen molar-refractivity contribution in [1.82, 2.24) is 4.98 Å². The second-order valence-electron chi connectivity index (χ2n) is 5.56. The quantitative estimate of drug-likeness (QED) is 0.669. The van der Waals surface area contributed by atoms with Crippen LogP contribution < -0.4 is 4.72 Å². The van der Waals surface area contributed by atoms with Crippen LogP contribution in [-0.2, 0) is 25.6 Å². The number of anilines is 1. The van der Waals surface area contributed by atoms with Crippen molar-refractivity contribution < 1.29 is 21.2 Å². The summed E-state index contributed by atoms with van der Waals surface area (Å²) in [5.74, 6) is -0.936. The number of hydrogen-bond acceptors (Lipinski definition) is 6. The Labute approximate surface area is 154 Å². The average Bonchev–Trinajstić information content (AvgIpc) is 2.98. The molecule has 0 fully saturated rings. The number of halogens is 1. The maximum atomic E-state index is 13.2. The topological polar surface area (TPSA) is 93.2 Å². The number of aromatic nitrogens is 1. The number of hydrogen-bond donors (Lipinski definition) is 1. The number of nitrogens with one attached hydrogen (secondary N) is 1. The highest BCUT2D eigenvalue weighted by molar-refractivity contribution is 7.93. The molecule has 0 spiro atoms. The van der Waals surface area contributed by atoms with Crippen molar-refractivity contribution in [2.24, 2.45) is 0 Å². The summed E-state index contributed by atoms with van der Waals surface area (Å²) in [6.45, 7) is 1.54. The molecule has 0 saturated carbocycles. The summed E-state index contributed by atoms with van der Waals surface area (Å²) in [5, 5.41) is 0. The van der Waals surface area contributed by atoms with Crippen LogP contribution in [0.15, 0.2) is 46.8 Å². The molecule has 2 aromatic carbocycles. The van der Waals surface area contributed by atoms with Gasteiger partial charge in [0.15, 0.2) is 0 Å². The number of sulfone groups is 1.